The number of benzene rings is 2. The van der Waals surface area contributed by atoms with Gasteiger partial charge in [-0.2, -0.15) is 0 Å². The van der Waals surface area contributed by atoms with Crippen molar-refractivity contribution in [1.82, 2.24) is 5.32 Å². The number of anilines is 2. The van der Waals surface area contributed by atoms with Crippen LogP contribution in [0.1, 0.15) is 40.6 Å². The molecular weight excluding hydrogens is 478 g/mol. The summed E-state index contributed by atoms with van der Waals surface area (Å²) in [5, 5.41) is 16.9. The zero-order chi connectivity index (χ0) is 25.7. The summed E-state index contributed by atoms with van der Waals surface area (Å²) in [7, 11) is 0. The van der Waals surface area contributed by atoms with Crippen LogP contribution < -0.4 is 15.5 Å². The van der Waals surface area contributed by atoms with Crippen LogP contribution in [0.2, 0.25) is 0 Å². The molecule has 0 fully saturated rings. The average Bonchev–Trinajstić information content (AvgIpc) is 3.37. The summed E-state index contributed by atoms with van der Waals surface area (Å²) < 4.78 is 0. The summed E-state index contributed by atoms with van der Waals surface area (Å²) >= 11 is 1.48. The van der Waals surface area contributed by atoms with E-state index in [0.717, 1.165) is 10.4 Å². The number of fused-ring (bicyclic) bond motifs is 1. The van der Waals surface area contributed by atoms with Crippen LogP contribution in [0.15, 0.2) is 66.0 Å². The Hall–Kier alpha value is -3.98. The molecule has 8 nitrogen and oxygen atoms in total. The highest BCUT2D eigenvalue weighted by Crippen LogP contribution is 2.35. The maximum atomic E-state index is 13.3. The summed E-state index contributed by atoms with van der Waals surface area (Å²) in [6.45, 7) is 1.95. The number of nitrogens with zero attached hydrogens (tertiary/aromatic N) is 1. The molecule has 0 spiro atoms. The molecule has 4 rings (SSSR count). The van der Waals surface area contributed by atoms with Gasteiger partial charge in [0.25, 0.3) is 5.91 Å². The third kappa shape index (κ3) is 5.63. The third-order valence-corrected chi connectivity index (χ3v) is 6.89. The van der Waals surface area contributed by atoms with Crippen LogP contribution in [-0.2, 0) is 27.2 Å². The molecule has 9 heteroatoms. The predicted octanol–water partition coefficient (Wildman–Crippen LogP) is 3.87. The number of carbonyl (C=O) groups is 4. The molecular formula is C27H27N3O5S. The minimum atomic E-state index is -1.15. The number of hydrogen-bond acceptors (Lipinski definition) is 5. The number of rotatable bonds is 9. The first-order chi connectivity index (χ1) is 17.4. The fourth-order valence-electron chi connectivity index (χ4n) is 4.27. The lowest BCUT2D eigenvalue weighted by atomic mass is 10.0. The monoisotopic (exact) mass is 505 g/mol. The van der Waals surface area contributed by atoms with E-state index < -0.39 is 24.0 Å². The lowest BCUT2D eigenvalue weighted by Crippen LogP contribution is -2.51. The highest BCUT2D eigenvalue weighted by molar-refractivity contribution is 7.10. The normalized spacial score (nSPS) is 15.5. The van der Waals surface area contributed by atoms with Gasteiger partial charge in [0.1, 0.15) is 12.1 Å². The Morgan fingerprint density at radius 1 is 1.11 bits per heavy atom. The molecule has 0 bridgehead atoms. The number of carboxylic acids is 1. The number of nitrogens with one attached hydrogen (secondary N) is 2. The van der Waals surface area contributed by atoms with Crippen molar-refractivity contribution < 1.29 is 24.3 Å². The summed E-state index contributed by atoms with van der Waals surface area (Å²) in [5.74, 6) is -2.24. The van der Waals surface area contributed by atoms with Gasteiger partial charge in [-0.3, -0.25) is 19.3 Å². The SMILES string of the molecule is CCCC1C(=O)Nc2cc(C(=O)NC(Cc3ccccc3)C(=O)O)ccc2N1C(=O)Cc1cccs1. The zero-order valence-corrected chi connectivity index (χ0v) is 20.6. The van der Waals surface area contributed by atoms with Crippen molar-refractivity contribution >= 4 is 46.4 Å². The Balaban J connectivity index is 1.58. The third-order valence-electron chi connectivity index (χ3n) is 6.01. The summed E-state index contributed by atoms with van der Waals surface area (Å²) in [6.07, 6.45) is 1.53. The van der Waals surface area contributed by atoms with Gasteiger partial charge < -0.3 is 15.7 Å². The summed E-state index contributed by atoms with van der Waals surface area (Å²) in [6, 6.07) is 15.7. The maximum Gasteiger partial charge on any atom is 0.326 e. The first-order valence-electron chi connectivity index (χ1n) is 11.7. The van der Waals surface area contributed by atoms with Crippen LogP contribution in [0.5, 0.6) is 0 Å². The standard InChI is InChI=1S/C27H27N3O5S/c1-2-7-23-26(33)28-20-15-18(11-12-22(20)30(23)24(31)16-19-10-6-13-36-19)25(32)29-21(27(34)35)14-17-8-4-3-5-9-17/h3-6,8-13,15,21,23H,2,7,14,16H2,1H3,(H,28,33)(H,29,32)(H,34,35). The molecule has 1 aliphatic rings. The molecule has 1 aromatic heterocycles. The summed E-state index contributed by atoms with van der Waals surface area (Å²) in [4.78, 5) is 53.4. The van der Waals surface area contributed by atoms with Gasteiger partial charge in [0.15, 0.2) is 0 Å². The van der Waals surface area contributed by atoms with Gasteiger partial charge in [0.05, 0.1) is 17.8 Å². The van der Waals surface area contributed by atoms with E-state index in [2.05, 4.69) is 10.6 Å². The number of carbonyl (C=O) groups excluding carboxylic acids is 3. The van der Waals surface area contributed by atoms with E-state index >= 15 is 0 Å². The number of aliphatic carboxylic acids is 1. The Morgan fingerprint density at radius 2 is 1.89 bits per heavy atom. The molecule has 0 aliphatic carbocycles. The molecule has 2 aromatic carbocycles. The maximum absolute atomic E-state index is 13.3. The Morgan fingerprint density at radius 3 is 2.56 bits per heavy atom. The van der Waals surface area contributed by atoms with E-state index in [1.54, 1.807) is 36.4 Å². The predicted molar refractivity (Wildman–Crippen MR) is 138 cm³/mol. The fourth-order valence-corrected chi connectivity index (χ4v) is 4.97. The van der Waals surface area contributed by atoms with Crippen LogP contribution in [-0.4, -0.2) is 40.9 Å². The second-order valence-corrected chi connectivity index (χ2v) is 9.63. The molecule has 0 radical (unpaired) electrons. The molecule has 2 unspecified atom stereocenters. The van der Waals surface area contributed by atoms with E-state index in [1.807, 2.05) is 30.5 Å². The van der Waals surface area contributed by atoms with Crippen LogP contribution >= 0.6 is 11.3 Å². The van der Waals surface area contributed by atoms with Crippen molar-refractivity contribution in [3.8, 4) is 0 Å². The second kappa shape index (κ2) is 11.2. The zero-order valence-electron chi connectivity index (χ0n) is 19.8. The minimum absolute atomic E-state index is 0.132. The highest BCUT2D eigenvalue weighted by Gasteiger charge is 2.36. The smallest absolute Gasteiger partial charge is 0.326 e. The molecule has 0 saturated heterocycles. The van der Waals surface area contributed by atoms with Crippen molar-refractivity contribution in [2.24, 2.45) is 0 Å². The van der Waals surface area contributed by atoms with Gasteiger partial charge >= 0.3 is 5.97 Å². The van der Waals surface area contributed by atoms with Crippen molar-refractivity contribution in [2.45, 2.75) is 44.7 Å². The molecule has 2 heterocycles. The van der Waals surface area contributed by atoms with Gasteiger partial charge in [-0.15, -0.1) is 11.3 Å². The van der Waals surface area contributed by atoms with Gasteiger partial charge in [0.2, 0.25) is 11.8 Å². The molecule has 0 saturated carbocycles. The van der Waals surface area contributed by atoms with E-state index in [1.165, 1.54) is 22.3 Å². The summed E-state index contributed by atoms with van der Waals surface area (Å²) in [5.41, 5.74) is 1.83. The van der Waals surface area contributed by atoms with Crippen LogP contribution in [0, 0.1) is 0 Å². The van der Waals surface area contributed by atoms with Crippen molar-refractivity contribution in [3.63, 3.8) is 0 Å². The Bertz CT molecular complexity index is 1260. The topological polar surface area (TPSA) is 116 Å². The van der Waals surface area contributed by atoms with Gasteiger partial charge in [-0.05, 0) is 41.6 Å². The lowest BCUT2D eigenvalue weighted by Gasteiger charge is -2.36. The molecule has 3 aromatic rings. The van der Waals surface area contributed by atoms with E-state index in [9.17, 15) is 24.3 Å². The van der Waals surface area contributed by atoms with Crippen molar-refractivity contribution in [3.05, 3.63) is 82.0 Å². The Labute approximate surface area is 212 Å². The lowest BCUT2D eigenvalue weighted by molar-refractivity contribution is -0.139. The van der Waals surface area contributed by atoms with Crippen LogP contribution in [0.25, 0.3) is 0 Å². The van der Waals surface area contributed by atoms with E-state index in [4.69, 9.17) is 0 Å². The molecule has 2 atom stereocenters. The molecule has 3 amide bonds. The molecule has 1 aliphatic heterocycles. The Kier molecular flexibility index (Phi) is 7.80. The average molecular weight is 506 g/mol. The fraction of sp³-hybridized carbons (Fsp3) is 0.259. The highest BCUT2D eigenvalue weighted by atomic mass is 32.1. The van der Waals surface area contributed by atoms with Gasteiger partial charge in [0, 0.05) is 16.9 Å². The number of hydrogen-bond donors (Lipinski definition) is 3. The largest absolute Gasteiger partial charge is 0.480 e. The van der Waals surface area contributed by atoms with Gasteiger partial charge in [-0.25, -0.2) is 4.79 Å². The number of thiophene rings is 1. The minimum Gasteiger partial charge on any atom is -0.480 e. The quantitative estimate of drug-likeness (QED) is 0.408. The molecule has 36 heavy (non-hydrogen) atoms. The van der Waals surface area contributed by atoms with Crippen LogP contribution in [0.3, 0.4) is 0 Å². The number of amides is 3. The van der Waals surface area contributed by atoms with E-state index in [-0.39, 0.29) is 30.2 Å². The second-order valence-electron chi connectivity index (χ2n) is 8.60. The first kappa shape index (κ1) is 25.1. The van der Waals surface area contributed by atoms with Crippen molar-refractivity contribution in [2.75, 3.05) is 10.2 Å². The molecule has 186 valence electrons. The first-order valence-corrected chi connectivity index (χ1v) is 12.6. The van der Waals surface area contributed by atoms with Crippen LogP contribution in [0.4, 0.5) is 11.4 Å². The van der Waals surface area contributed by atoms with E-state index in [0.29, 0.717) is 24.2 Å². The molecule has 3 N–H and O–H groups in total. The number of carboxylic acid groups (broad SMARTS) is 1. The van der Waals surface area contributed by atoms with Crippen molar-refractivity contribution in [1.29, 1.82) is 0 Å². The van der Waals surface area contributed by atoms with Gasteiger partial charge in [-0.1, -0.05) is 49.7 Å².